The van der Waals surface area contributed by atoms with E-state index in [9.17, 15) is 0 Å². The minimum Gasteiger partial charge on any atom is -0.365 e. The fraction of sp³-hybridized carbons (Fsp3) is 0.294. The molecule has 0 aliphatic carbocycles. The van der Waals surface area contributed by atoms with E-state index < -0.39 is 0 Å². The van der Waals surface area contributed by atoms with Crippen molar-refractivity contribution in [2.24, 2.45) is 0 Å². The van der Waals surface area contributed by atoms with Crippen LogP contribution in [0.25, 0.3) is 0 Å². The van der Waals surface area contributed by atoms with Gasteiger partial charge in [-0.1, -0.05) is 38.1 Å². The summed E-state index contributed by atoms with van der Waals surface area (Å²) in [7, 11) is 0. The molecule has 0 aliphatic heterocycles. The Hall–Kier alpha value is -2.41. The molecule has 0 atom stereocenters. The number of hydrogen-bond acceptors (Lipinski definition) is 6. The van der Waals surface area contributed by atoms with Crippen molar-refractivity contribution in [1.29, 1.82) is 0 Å². The Balaban J connectivity index is 1.58. The Morgan fingerprint density at radius 3 is 2.71 bits per heavy atom. The monoisotopic (exact) mass is 340 g/mol. The van der Waals surface area contributed by atoms with Gasteiger partial charge in [-0.3, -0.25) is 0 Å². The number of nitrogens with one attached hydrogen (secondary N) is 1. The van der Waals surface area contributed by atoms with Gasteiger partial charge in [0.25, 0.3) is 0 Å². The first-order valence-electron chi connectivity index (χ1n) is 7.83. The summed E-state index contributed by atoms with van der Waals surface area (Å²) in [6.07, 6.45) is 3.27. The molecule has 124 valence electrons. The molecule has 1 aromatic carbocycles. The van der Waals surface area contributed by atoms with E-state index >= 15 is 0 Å². The highest BCUT2D eigenvalue weighted by atomic mass is 32.2. The number of rotatable bonds is 7. The summed E-state index contributed by atoms with van der Waals surface area (Å²) in [5.74, 6) is 0.782. The number of thioether (sulfide) groups is 1. The molecule has 6 nitrogen and oxygen atoms in total. The van der Waals surface area contributed by atoms with Crippen LogP contribution in [0.15, 0.2) is 54.1 Å². The molecule has 3 aromatic rings. The van der Waals surface area contributed by atoms with Crippen molar-refractivity contribution in [2.45, 2.75) is 37.2 Å². The molecule has 7 heteroatoms. The van der Waals surface area contributed by atoms with E-state index in [-0.39, 0.29) is 0 Å². The van der Waals surface area contributed by atoms with E-state index in [1.807, 2.05) is 16.8 Å². The smallest absolute Gasteiger partial charge is 0.148 e. The zero-order valence-corrected chi connectivity index (χ0v) is 14.6. The molecular formula is C17H20N6S. The van der Waals surface area contributed by atoms with Gasteiger partial charge < -0.3 is 5.32 Å². The fourth-order valence-corrected chi connectivity index (χ4v) is 2.97. The zero-order valence-electron chi connectivity index (χ0n) is 13.8. The third kappa shape index (κ3) is 4.79. The van der Waals surface area contributed by atoms with E-state index in [0.717, 1.165) is 17.4 Å². The normalized spacial score (nSPS) is 11.0. The van der Waals surface area contributed by atoms with Crippen LogP contribution in [0.3, 0.4) is 0 Å². The lowest BCUT2D eigenvalue weighted by atomic mass is 10.1. The van der Waals surface area contributed by atoms with Crippen LogP contribution >= 0.6 is 11.8 Å². The van der Waals surface area contributed by atoms with E-state index in [4.69, 9.17) is 0 Å². The van der Waals surface area contributed by atoms with Gasteiger partial charge in [-0.2, -0.15) is 5.10 Å². The Kier molecular flexibility index (Phi) is 5.43. The first kappa shape index (κ1) is 16.4. The molecule has 2 heterocycles. The summed E-state index contributed by atoms with van der Waals surface area (Å²) in [6, 6.07) is 12.4. The molecule has 0 radical (unpaired) electrons. The highest BCUT2D eigenvalue weighted by Gasteiger charge is 2.02. The number of benzene rings is 1. The van der Waals surface area contributed by atoms with Crippen LogP contribution in [0, 0.1) is 0 Å². The van der Waals surface area contributed by atoms with Crippen molar-refractivity contribution in [2.75, 3.05) is 5.32 Å². The van der Waals surface area contributed by atoms with Gasteiger partial charge in [0.15, 0.2) is 0 Å². The molecule has 2 aromatic heterocycles. The zero-order chi connectivity index (χ0) is 16.8. The number of nitrogens with zero attached hydrogens (tertiary/aromatic N) is 5. The average Bonchev–Trinajstić information content (AvgIpc) is 3.07. The molecule has 0 saturated carbocycles. The highest BCUT2D eigenvalue weighted by Crippen LogP contribution is 2.20. The van der Waals surface area contributed by atoms with E-state index in [2.05, 4.69) is 63.7 Å². The summed E-state index contributed by atoms with van der Waals surface area (Å²) in [6.45, 7) is 5.71. The molecule has 3 rings (SSSR count). The van der Waals surface area contributed by atoms with Crippen molar-refractivity contribution in [3.63, 3.8) is 0 Å². The third-order valence-corrected chi connectivity index (χ3v) is 4.20. The molecule has 0 amide bonds. The van der Waals surface area contributed by atoms with Crippen molar-refractivity contribution in [3.8, 4) is 0 Å². The van der Waals surface area contributed by atoms with Crippen LogP contribution in [-0.4, -0.2) is 30.2 Å². The average molecular weight is 340 g/mol. The molecular weight excluding hydrogens is 320 g/mol. The largest absolute Gasteiger partial charge is 0.365 e. The van der Waals surface area contributed by atoms with Crippen LogP contribution in [0.1, 0.15) is 25.0 Å². The minimum atomic E-state index is 0.505. The van der Waals surface area contributed by atoms with Crippen LogP contribution in [0.5, 0.6) is 0 Å². The highest BCUT2D eigenvalue weighted by molar-refractivity contribution is 7.99. The lowest BCUT2D eigenvalue weighted by Crippen LogP contribution is -2.04. The first-order valence-corrected chi connectivity index (χ1v) is 8.71. The second-order valence-electron chi connectivity index (χ2n) is 5.69. The van der Waals surface area contributed by atoms with Gasteiger partial charge in [-0.25, -0.2) is 9.67 Å². The second kappa shape index (κ2) is 7.92. The Bertz CT molecular complexity index is 755. The molecule has 0 bridgehead atoms. The lowest BCUT2D eigenvalue weighted by molar-refractivity contribution is 0.684. The molecule has 0 unspecified atom stereocenters. The van der Waals surface area contributed by atoms with Crippen LogP contribution < -0.4 is 5.32 Å². The lowest BCUT2D eigenvalue weighted by Gasteiger charge is -2.08. The summed E-state index contributed by atoms with van der Waals surface area (Å²) >= 11 is 1.71. The maximum atomic E-state index is 4.23. The van der Waals surface area contributed by atoms with Crippen LogP contribution in [-0.2, 0) is 13.1 Å². The van der Waals surface area contributed by atoms with E-state index in [1.165, 1.54) is 11.1 Å². The van der Waals surface area contributed by atoms with Crippen molar-refractivity contribution < 1.29 is 0 Å². The number of aromatic nitrogens is 5. The fourth-order valence-electron chi connectivity index (χ4n) is 2.25. The molecule has 0 aliphatic rings. The van der Waals surface area contributed by atoms with E-state index in [1.54, 1.807) is 24.4 Å². The first-order chi connectivity index (χ1) is 11.7. The Morgan fingerprint density at radius 2 is 2.00 bits per heavy atom. The predicted molar refractivity (Wildman–Crippen MR) is 95.9 cm³/mol. The maximum Gasteiger partial charge on any atom is 0.148 e. The summed E-state index contributed by atoms with van der Waals surface area (Å²) in [5.41, 5.74) is 2.38. The number of anilines is 1. The van der Waals surface area contributed by atoms with Gasteiger partial charge >= 0.3 is 0 Å². The third-order valence-electron chi connectivity index (χ3n) is 3.27. The molecule has 1 N–H and O–H groups in total. The molecule has 0 saturated heterocycles. The quantitative estimate of drug-likeness (QED) is 0.666. The Labute approximate surface area is 145 Å². The topological polar surface area (TPSA) is 68.5 Å². The van der Waals surface area contributed by atoms with Gasteiger partial charge in [0.05, 0.1) is 6.54 Å². The summed E-state index contributed by atoms with van der Waals surface area (Å²) in [5, 5.41) is 17.4. The van der Waals surface area contributed by atoms with Crippen LogP contribution in [0.4, 0.5) is 5.82 Å². The number of hydrogen-bond donors (Lipinski definition) is 1. The maximum absolute atomic E-state index is 4.23. The standard InChI is InChI=1S/C17H20N6S/c1-13(2)24-17-7-6-16(21-22-17)19-9-14-4-3-5-15(8-14)10-23-12-18-11-20-23/h3-8,11-13H,9-10H2,1-2H3,(H,19,21). The van der Waals surface area contributed by atoms with Gasteiger partial charge in [-0.15, -0.1) is 22.0 Å². The van der Waals surface area contributed by atoms with Gasteiger partial charge in [0, 0.05) is 11.8 Å². The predicted octanol–water partition coefficient (Wildman–Crippen LogP) is 3.23. The van der Waals surface area contributed by atoms with Gasteiger partial charge in [0.2, 0.25) is 0 Å². The van der Waals surface area contributed by atoms with Gasteiger partial charge in [0.1, 0.15) is 23.5 Å². The van der Waals surface area contributed by atoms with Crippen molar-refractivity contribution in [3.05, 3.63) is 60.2 Å². The molecule has 0 spiro atoms. The van der Waals surface area contributed by atoms with Crippen molar-refractivity contribution >= 4 is 17.6 Å². The van der Waals surface area contributed by atoms with Crippen molar-refractivity contribution in [1.82, 2.24) is 25.0 Å². The molecule has 0 fully saturated rings. The van der Waals surface area contributed by atoms with Crippen LogP contribution in [0.2, 0.25) is 0 Å². The summed E-state index contributed by atoms with van der Waals surface area (Å²) in [4.78, 5) is 3.96. The van der Waals surface area contributed by atoms with Gasteiger partial charge in [-0.05, 0) is 23.3 Å². The minimum absolute atomic E-state index is 0.505. The van der Waals surface area contributed by atoms with E-state index in [0.29, 0.717) is 11.8 Å². The second-order valence-corrected chi connectivity index (χ2v) is 7.29. The molecule has 24 heavy (non-hydrogen) atoms. The SMILES string of the molecule is CC(C)Sc1ccc(NCc2cccc(Cn3cncn3)c2)nn1. The summed E-state index contributed by atoms with van der Waals surface area (Å²) < 4.78 is 1.81. The Morgan fingerprint density at radius 1 is 1.12 bits per heavy atom.